The summed E-state index contributed by atoms with van der Waals surface area (Å²) in [5, 5.41) is 6.26. The Hall–Kier alpha value is -3.54. The molecule has 0 heterocycles. The molecule has 258 valence electrons. The molecule has 0 aromatic heterocycles. The molecule has 2 aliphatic carbocycles. The molecular weight excluding hydrogens is 770 g/mol. The third kappa shape index (κ3) is 5.09. The number of fused-ring (bicyclic) bond motifs is 2. The summed E-state index contributed by atoms with van der Waals surface area (Å²) in [5.41, 5.74) is 19.1. The van der Waals surface area contributed by atoms with Crippen molar-refractivity contribution < 1.29 is 28.8 Å². The van der Waals surface area contributed by atoms with Gasteiger partial charge in [0.05, 0.1) is 23.5 Å². The summed E-state index contributed by atoms with van der Waals surface area (Å²) in [6.07, 6.45) is 2.85. The maximum Gasteiger partial charge on any atom is 0.281 e. The Bertz CT molecular complexity index is 2300. The second-order valence-corrected chi connectivity index (χ2v) is 16.3. The first-order valence-electron chi connectivity index (χ1n) is 15.1. The molecule has 12 nitrogen and oxygen atoms in total. The summed E-state index contributed by atoms with van der Waals surface area (Å²) in [5.74, 6) is 0. The van der Waals surface area contributed by atoms with Crippen molar-refractivity contribution >= 4 is 78.8 Å². The minimum absolute atomic E-state index is 0.0268. The number of halogens is 4. The molecule has 4 unspecified atom stereocenters. The molecule has 0 saturated carbocycles. The Labute approximate surface area is 309 Å². The van der Waals surface area contributed by atoms with Crippen LogP contribution in [-0.4, -0.2) is 38.0 Å². The van der Waals surface area contributed by atoms with E-state index in [1.165, 1.54) is 60.7 Å². The molecule has 50 heavy (non-hydrogen) atoms. The molecule has 0 fully saturated rings. The summed E-state index contributed by atoms with van der Waals surface area (Å²) in [7, 11) is -10.5. The van der Waals surface area contributed by atoms with Crippen LogP contribution in [0.15, 0.2) is 94.4 Å². The van der Waals surface area contributed by atoms with Gasteiger partial charge in [-0.25, -0.2) is 11.0 Å². The van der Waals surface area contributed by atoms with E-state index in [9.17, 15) is 25.9 Å². The first-order valence-corrected chi connectivity index (χ1v) is 18.6. The third-order valence-corrected chi connectivity index (χ3v) is 13.2. The van der Waals surface area contributed by atoms with Crippen LogP contribution < -0.4 is 11.5 Å². The first-order chi connectivity index (χ1) is 24.5. The lowest BCUT2D eigenvalue weighted by molar-refractivity contribution is 0.423. The fraction of sp³-hybridized carbons (Fsp3) is 0.125. The van der Waals surface area contributed by atoms with Crippen molar-refractivity contribution in [3.05, 3.63) is 138 Å². The Morgan fingerprint density at radius 1 is 0.640 bits per heavy atom. The van der Waals surface area contributed by atoms with Gasteiger partial charge in [-0.2, -0.15) is 27.1 Å². The summed E-state index contributed by atoms with van der Waals surface area (Å²) < 4.78 is 85.4. The maximum absolute atomic E-state index is 13.5. The van der Waals surface area contributed by atoms with Crippen LogP contribution in [0.4, 0.5) is 0 Å². The van der Waals surface area contributed by atoms with Gasteiger partial charge in [-0.05, 0) is 69.8 Å². The van der Waals surface area contributed by atoms with E-state index in [1.807, 2.05) is 0 Å². The zero-order valence-corrected chi connectivity index (χ0v) is 29.7. The average Bonchev–Trinajstić information content (AvgIpc) is 3.06. The molecule has 0 spiro atoms. The number of nitrogens with one attached hydrogen (secondary N) is 2. The topological polar surface area (TPSA) is 233 Å². The molecule has 4 aromatic rings. The van der Waals surface area contributed by atoms with Crippen molar-refractivity contribution in [2.45, 2.75) is 21.6 Å². The van der Waals surface area contributed by atoms with Crippen molar-refractivity contribution in [3.8, 4) is 11.1 Å². The quantitative estimate of drug-likeness (QED) is 0.0801. The van der Waals surface area contributed by atoms with Gasteiger partial charge in [-0.1, -0.05) is 94.9 Å². The van der Waals surface area contributed by atoms with Gasteiger partial charge < -0.3 is 11.5 Å². The van der Waals surface area contributed by atoms with E-state index >= 15 is 0 Å². The standard InChI is InChI=1S/C32H24Cl4N6O6S2/c33-21-9-17(10-22(34)27(21)31(49(43,44)45)19-7-3-1-5-15(19)13-25(41-39)29(31)37)18-11-23(35)28(24(36)12-18)32(50(46,47)48)20-8-4-2-6-16(20)14-26(42-40)30(32)38/h1-14,29-30,39-40H,37-38H2,(H,43,44,45)(H,46,47,48)/b41-39+,42-40+. The molecule has 0 amide bonds. The van der Waals surface area contributed by atoms with E-state index < -0.39 is 41.8 Å². The smallest absolute Gasteiger partial charge is 0.281 e. The first kappa shape index (κ1) is 33.6. The average molecular weight is 795 g/mol. The molecular formula is C32H24Cl4N6O6S2. The number of benzene rings is 4. The monoisotopic (exact) mass is 792 g/mol. The van der Waals surface area contributed by atoms with Crippen LogP contribution in [0.2, 0.25) is 22.9 Å². The van der Waals surface area contributed by atoms with Crippen LogP contribution in [0.5, 0.6) is 0 Å². The molecule has 4 atom stereocenters. The Morgan fingerprint density at radius 3 is 1.26 bits per heavy atom. The van der Waals surface area contributed by atoms with Gasteiger partial charge in [0, 0.05) is 31.2 Å². The van der Waals surface area contributed by atoms with Gasteiger partial charge in [0.25, 0.3) is 20.2 Å². The fourth-order valence-electron chi connectivity index (χ4n) is 6.98. The molecule has 6 rings (SSSR count). The molecule has 0 bridgehead atoms. The van der Waals surface area contributed by atoms with E-state index in [4.69, 9.17) is 60.7 Å². The van der Waals surface area contributed by atoms with Crippen LogP contribution in [0.25, 0.3) is 23.3 Å². The summed E-state index contributed by atoms with van der Waals surface area (Å²) in [6.45, 7) is 0. The Morgan fingerprint density at radius 2 is 0.960 bits per heavy atom. The predicted molar refractivity (Wildman–Crippen MR) is 192 cm³/mol. The molecule has 2 aliphatic rings. The summed E-state index contributed by atoms with van der Waals surface area (Å²) in [4.78, 5) is 0. The third-order valence-electron chi connectivity index (χ3n) is 9.05. The zero-order chi connectivity index (χ0) is 38.0. The van der Waals surface area contributed by atoms with Crippen LogP contribution in [0, 0.1) is 11.0 Å². The highest BCUT2D eigenvalue weighted by molar-refractivity contribution is 7.87. The van der Waals surface area contributed by atoms with Gasteiger partial charge in [-0.3, -0.25) is 9.11 Å². The molecule has 0 aliphatic heterocycles. The SMILES string of the molecule is [H]/N=N/C1=Cc2ccccc2C(c2c(Cl)cc(-c3cc(Cl)c(C4(S(=O)(=O)O)c5ccccc5C=C(/N=N/[H])C4N)c(Cl)c3)cc2Cl)(S(=O)(=O)O)C1N. The second kappa shape index (κ2) is 12.6. The van der Waals surface area contributed by atoms with Crippen LogP contribution in [-0.2, 0) is 29.7 Å². The molecule has 18 heteroatoms. The minimum atomic E-state index is -5.23. The highest BCUT2D eigenvalue weighted by atomic mass is 35.5. The van der Waals surface area contributed by atoms with Crippen molar-refractivity contribution in [1.82, 2.24) is 0 Å². The molecule has 0 radical (unpaired) electrons. The largest absolute Gasteiger partial charge is 0.321 e. The van der Waals surface area contributed by atoms with Crippen molar-refractivity contribution in [3.63, 3.8) is 0 Å². The maximum atomic E-state index is 13.5. The summed E-state index contributed by atoms with van der Waals surface area (Å²) in [6, 6.07) is 14.2. The van der Waals surface area contributed by atoms with Crippen LogP contribution in [0.1, 0.15) is 33.4 Å². The number of rotatable bonds is 7. The van der Waals surface area contributed by atoms with E-state index in [2.05, 4.69) is 21.3 Å². The predicted octanol–water partition coefficient (Wildman–Crippen LogP) is 7.66. The lowest BCUT2D eigenvalue weighted by Crippen LogP contribution is -2.54. The highest BCUT2D eigenvalue weighted by Gasteiger charge is 2.59. The zero-order valence-electron chi connectivity index (χ0n) is 27.0. The molecule has 4 aromatic carbocycles. The molecule has 8 N–H and O–H groups in total. The van der Waals surface area contributed by atoms with Gasteiger partial charge in [0.1, 0.15) is 0 Å². The van der Waals surface area contributed by atoms with Gasteiger partial charge in [0.15, 0.2) is 9.49 Å². The lowest BCUT2D eigenvalue weighted by atomic mass is 9.76. The number of nitrogens with zero attached hydrogens (tertiary/aromatic N) is 2. The number of nitrogens with two attached hydrogens (primary N) is 2. The van der Waals surface area contributed by atoms with Crippen molar-refractivity contribution in [2.75, 3.05) is 0 Å². The minimum Gasteiger partial charge on any atom is -0.321 e. The molecule has 0 saturated heterocycles. The van der Waals surface area contributed by atoms with E-state index in [0.29, 0.717) is 0 Å². The Balaban J connectivity index is 1.59. The highest BCUT2D eigenvalue weighted by Crippen LogP contribution is 2.54. The van der Waals surface area contributed by atoms with Crippen LogP contribution >= 0.6 is 46.4 Å². The van der Waals surface area contributed by atoms with Crippen molar-refractivity contribution in [2.24, 2.45) is 21.7 Å². The van der Waals surface area contributed by atoms with Gasteiger partial charge in [-0.15, -0.1) is 0 Å². The van der Waals surface area contributed by atoms with E-state index in [-0.39, 0.29) is 76.0 Å². The van der Waals surface area contributed by atoms with E-state index in [0.717, 1.165) is 0 Å². The van der Waals surface area contributed by atoms with Gasteiger partial charge in [0.2, 0.25) is 2.82 Å². The Kier molecular flexibility index (Phi) is 8.46. The fourth-order valence-corrected chi connectivity index (χ4v) is 11.5. The number of hydrogen-bond donors (Lipinski definition) is 6. The van der Waals surface area contributed by atoms with Gasteiger partial charge >= 0.3 is 0 Å². The van der Waals surface area contributed by atoms with E-state index in [1.54, 1.807) is 24.3 Å². The van der Waals surface area contributed by atoms with Crippen molar-refractivity contribution in [1.29, 1.82) is 11.0 Å². The number of hydrogen-bond acceptors (Lipinski definition) is 10. The van der Waals surface area contributed by atoms with Crippen LogP contribution in [0.3, 0.4) is 0 Å². The second-order valence-electron chi connectivity index (χ2n) is 11.5. The lowest BCUT2D eigenvalue weighted by Gasteiger charge is -2.41. The normalized spacial score (nSPS) is 24.3. The summed E-state index contributed by atoms with van der Waals surface area (Å²) >= 11 is 27.4.